The van der Waals surface area contributed by atoms with Crippen molar-refractivity contribution >= 4 is 10.9 Å². The quantitative estimate of drug-likeness (QED) is 0.746. The highest BCUT2D eigenvalue weighted by molar-refractivity contribution is 5.86. The van der Waals surface area contributed by atoms with Gasteiger partial charge in [0.15, 0.2) is 0 Å². The van der Waals surface area contributed by atoms with E-state index in [4.69, 9.17) is 5.73 Å². The Morgan fingerprint density at radius 2 is 2.07 bits per heavy atom. The van der Waals surface area contributed by atoms with Gasteiger partial charge in [0, 0.05) is 23.0 Å². The molecule has 0 aliphatic rings. The topological polar surface area (TPSA) is 41.8 Å². The van der Waals surface area contributed by atoms with Crippen molar-refractivity contribution < 1.29 is 0 Å². The number of hydrogen-bond donors (Lipinski definition) is 2. The second-order valence-corrected chi connectivity index (χ2v) is 3.76. The van der Waals surface area contributed by atoms with Crippen LogP contribution in [0.3, 0.4) is 0 Å². The summed E-state index contributed by atoms with van der Waals surface area (Å²) in [6.07, 6.45) is 0.931. The number of H-pyrrole nitrogens is 1. The van der Waals surface area contributed by atoms with Crippen molar-refractivity contribution in [1.82, 2.24) is 4.98 Å². The zero-order valence-corrected chi connectivity index (χ0v) is 8.72. The maximum Gasteiger partial charge on any atom is 0.0488 e. The highest BCUT2D eigenvalue weighted by atomic mass is 14.7. The number of nitrogens with one attached hydrogen (secondary N) is 1. The molecule has 2 rings (SSSR count). The summed E-state index contributed by atoms with van der Waals surface area (Å²) >= 11 is 0. The molecule has 1 aromatic carbocycles. The number of nitrogens with two attached hydrogens (primary N) is 1. The van der Waals surface area contributed by atoms with Crippen LogP contribution in [0.25, 0.3) is 10.9 Å². The number of fused-ring (bicyclic) bond motifs is 1. The minimum absolute atomic E-state index is 0.701. The lowest BCUT2D eigenvalue weighted by Gasteiger charge is -1.94. The molecule has 1 heterocycles. The molecule has 0 atom stereocenters. The van der Waals surface area contributed by atoms with E-state index in [1.54, 1.807) is 0 Å². The molecular formula is C12H16N2. The summed E-state index contributed by atoms with van der Waals surface area (Å²) in [6, 6.07) is 6.39. The molecular weight excluding hydrogens is 172 g/mol. The van der Waals surface area contributed by atoms with Crippen LogP contribution >= 0.6 is 0 Å². The first kappa shape index (κ1) is 9.28. The largest absolute Gasteiger partial charge is 0.358 e. The van der Waals surface area contributed by atoms with Crippen LogP contribution in [-0.4, -0.2) is 11.5 Å². The Labute approximate surface area is 84.1 Å². The number of aromatic amines is 1. The van der Waals surface area contributed by atoms with Crippen molar-refractivity contribution in [2.24, 2.45) is 5.73 Å². The van der Waals surface area contributed by atoms with Crippen LogP contribution in [0.1, 0.15) is 16.8 Å². The molecule has 2 heteroatoms. The Balaban J connectivity index is 2.67. The van der Waals surface area contributed by atoms with Crippen molar-refractivity contribution in [2.45, 2.75) is 20.3 Å². The summed E-state index contributed by atoms with van der Waals surface area (Å²) in [4.78, 5) is 3.45. The molecule has 0 spiro atoms. The zero-order valence-electron chi connectivity index (χ0n) is 8.72. The van der Waals surface area contributed by atoms with Crippen LogP contribution in [0, 0.1) is 13.8 Å². The standard InChI is InChI=1S/C12H16N2/c1-8-4-3-5-10-9(2)11(6-7-13)14-12(8)10/h3-5,14H,6-7,13H2,1-2H3. The molecule has 0 unspecified atom stereocenters. The molecule has 2 nitrogen and oxygen atoms in total. The molecule has 0 fully saturated rings. The maximum absolute atomic E-state index is 5.57. The molecule has 0 radical (unpaired) electrons. The molecule has 1 aromatic heterocycles. The SMILES string of the molecule is Cc1c(CCN)[nH]c2c(C)cccc12. The van der Waals surface area contributed by atoms with Crippen molar-refractivity contribution in [1.29, 1.82) is 0 Å². The van der Waals surface area contributed by atoms with Gasteiger partial charge < -0.3 is 10.7 Å². The summed E-state index contributed by atoms with van der Waals surface area (Å²) in [7, 11) is 0. The fourth-order valence-corrected chi connectivity index (χ4v) is 1.95. The normalized spacial score (nSPS) is 11.1. The first-order valence-electron chi connectivity index (χ1n) is 5.01. The molecule has 0 amide bonds. The van der Waals surface area contributed by atoms with Crippen LogP contribution in [0.2, 0.25) is 0 Å². The number of rotatable bonds is 2. The molecule has 0 bridgehead atoms. The maximum atomic E-state index is 5.57. The highest BCUT2D eigenvalue weighted by Crippen LogP contribution is 2.24. The van der Waals surface area contributed by atoms with Gasteiger partial charge in [0.2, 0.25) is 0 Å². The van der Waals surface area contributed by atoms with Crippen molar-refractivity contribution in [3.8, 4) is 0 Å². The Kier molecular flexibility index (Phi) is 2.30. The van der Waals surface area contributed by atoms with Crippen molar-refractivity contribution in [3.63, 3.8) is 0 Å². The predicted molar refractivity (Wildman–Crippen MR) is 60.5 cm³/mol. The third-order valence-corrected chi connectivity index (χ3v) is 2.80. The second-order valence-electron chi connectivity index (χ2n) is 3.76. The molecule has 74 valence electrons. The monoisotopic (exact) mass is 188 g/mol. The average molecular weight is 188 g/mol. The minimum Gasteiger partial charge on any atom is -0.358 e. The second kappa shape index (κ2) is 3.46. The summed E-state index contributed by atoms with van der Waals surface area (Å²) in [5.41, 5.74) is 10.7. The zero-order chi connectivity index (χ0) is 10.1. The van der Waals surface area contributed by atoms with Crippen LogP contribution in [0.4, 0.5) is 0 Å². The van der Waals surface area contributed by atoms with E-state index in [0.29, 0.717) is 6.54 Å². The Morgan fingerprint density at radius 1 is 1.29 bits per heavy atom. The Morgan fingerprint density at radius 3 is 2.71 bits per heavy atom. The summed E-state index contributed by atoms with van der Waals surface area (Å²) in [6.45, 7) is 4.99. The van der Waals surface area contributed by atoms with Gasteiger partial charge in [-0.3, -0.25) is 0 Å². The first-order chi connectivity index (χ1) is 6.74. The van der Waals surface area contributed by atoms with E-state index in [1.165, 1.54) is 27.7 Å². The third-order valence-electron chi connectivity index (χ3n) is 2.80. The van der Waals surface area contributed by atoms with Gasteiger partial charge in [0.05, 0.1) is 0 Å². The minimum atomic E-state index is 0.701. The average Bonchev–Trinajstić information content (AvgIpc) is 2.48. The van der Waals surface area contributed by atoms with Crippen LogP contribution in [0.5, 0.6) is 0 Å². The molecule has 14 heavy (non-hydrogen) atoms. The van der Waals surface area contributed by atoms with E-state index in [0.717, 1.165) is 6.42 Å². The van der Waals surface area contributed by atoms with Gasteiger partial charge in [-0.2, -0.15) is 0 Å². The van der Waals surface area contributed by atoms with E-state index in [1.807, 2.05) is 0 Å². The first-order valence-corrected chi connectivity index (χ1v) is 5.01. The van der Waals surface area contributed by atoms with E-state index in [9.17, 15) is 0 Å². The highest BCUT2D eigenvalue weighted by Gasteiger charge is 2.07. The van der Waals surface area contributed by atoms with Gasteiger partial charge in [-0.1, -0.05) is 18.2 Å². The number of benzene rings is 1. The van der Waals surface area contributed by atoms with E-state index in [2.05, 4.69) is 37.0 Å². The lowest BCUT2D eigenvalue weighted by atomic mass is 10.1. The number of aromatic nitrogens is 1. The van der Waals surface area contributed by atoms with Crippen molar-refractivity contribution in [2.75, 3.05) is 6.54 Å². The smallest absolute Gasteiger partial charge is 0.0488 e. The lowest BCUT2D eigenvalue weighted by molar-refractivity contribution is 0.929. The van der Waals surface area contributed by atoms with Gasteiger partial charge in [-0.15, -0.1) is 0 Å². The number of aryl methyl sites for hydroxylation is 2. The van der Waals surface area contributed by atoms with Gasteiger partial charge >= 0.3 is 0 Å². The molecule has 2 aromatic rings. The summed E-state index contributed by atoms with van der Waals surface area (Å²) in [5, 5.41) is 1.33. The Hall–Kier alpha value is -1.28. The van der Waals surface area contributed by atoms with E-state index in [-0.39, 0.29) is 0 Å². The molecule has 0 saturated heterocycles. The van der Waals surface area contributed by atoms with Crippen molar-refractivity contribution in [3.05, 3.63) is 35.0 Å². The van der Waals surface area contributed by atoms with Gasteiger partial charge in [-0.05, 0) is 31.5 Å². The van der Waals surface area contributed by atoms with Gasteiger partial charge in [-0.25, -0.2) is 0 Å². The number of hydrogen-bond acceptors (Lipinski definition) is 1. The van der Waals surface area contributed by atoms with Crippen LogP contribution in [0.15, 0.2) is 18.2 Å². The van der Waals surface area contributed by atoms with Gasteiger partial charge in [0.25, 0.3) is 0 Å². The lowest BCUT2D eigenvalue weighted by Crippen LogP contribution is -2.03. The fraction of sp³-hybridized carbons (Fsp3) is 0.333. The third kappa shape index (κ3) is 1.32. The predicted octanol–water partition coefficient (Wildman–Crippen LogP) is 2.29. The van der Waals surface area contributed by atoms with Gasteiger partial charge in [0.1, 0.15) is 0 Å². The molecule has 3 N–H and O–H groups in total. The van der Waals surface area contributed by atoms with E-state index < -0.39 is 0 Å². The fourth-order valence-electron chi connectivity index (χ4n) is 1.95. The van der Waals surface area contributed by atoms with E-state index >= 15 is 0 Å². The molecule has 0 aliphatic carbocycles. The summed E-state index contributed by atoms with van der Waals surface area (Å²) < 4.78 is 0. The molecule has 0 saturated carbocycles. The molecule has 0 aliphatic heterocycles. The van der Waals surface area contributed by atoms with Crippen LogP contribution < -0.4 is 5.73 Å². The summed E-state index contributed by atoms with van der Waals surface area (Å²) in [5.74, 6) is 0. The van der Waals surface area contributed by atoms with Crippen LogP contribution in [-0.2, 0) is 6.42 Å². The number of para-hydroxylation sites is 1. The Bertz CT molecular complexity index is 455.